The van der Waals surface area contributed by atoms with Crippen LogP contribution in [0.5, 0.6) is 5.75 Å². The van der Waals surface area contributed by atoms with Crippen molar-refractivity contribution in [2.45, 2.75) is 6.18 Å². The summed E-state index contributed by atoms with van der Waals surface area (Å²) in [5, 5.41) is 8.04. The van der Waals surface area contributed by atoms with Gasteiger partial charge in [-0.25, -0.2) is 4.79 Å². The Morgan fingerprint density at radius 2 is 1.86 bits per heavy atom. The van der Waals surface area contributed by atoms with Gasteiger partial charge < -0.3 is 15.6 Å². The number of nitrogens with two attached hydrogens (primary N) is 1. The highest BCUT2D eigenvalue weighted by atomic mass is 19.4. The van der Waals surface area contributed by atoms with E-state index in [0.29, 0.717) is 16.8 Å². The number of carboxylic acid groups (broad SMARTS) is 1. The zero-order valence-electron chi connectivity index (χ0n) is 11.2. The SMILES string of the molecule is COc1c(C(N)=O)ccc2cccnc12.O=C(O)C(F)(F)F. The zero-order valence-corrected chi connectivity index (χ0v) is 11.2. The fourth-order valence-corrected chi connectivity index (χ4v) is 1.52. The van der Waals surface area contributed by atoms with Crippen molar-refractivity contribution in [3.63, 3.8) is 0 Å². The van der Waals surface area contributed by atoms with Gasteiger partial charge in [-0.1, -0.05) is 12.1 Å². The van der Waals surface area contributed by atoms with Crippen LogP contribution < -0.4 is 10.5 Å². The number of alkyl halides is 3. The van der Waals surface area contributed by atoms with Gasteiger partial charge in [0.15, 0.2) is 5.75 Å². The third-order valence-corrected chi connectivity index (χ3v) is 2.44. The molecule has 3 N–H and O–H groups in total. The van der Waals surface area contributed by atoms with Crippen molar-refractivity contribution in [3.8, 4) is 5.75 Å². The van der Waals surface area contributed by atoms with Gasteiger partial charge in [0.1, 0.15) is 5.52 Å². The van der Waals surface area contributed by atoms with Crippen LogP contribution in [0.1, 0.15) is 10.4 Å². The quantitative estimate of drug-likeness (QED) is 0.882. The summed E-state index contributed by atoms with van der Waals surface area (Å²) in [7, 11) is 1.50. The van der Waals surface area contributed by atoms with Crippen LogP contribution >= 0.6 is 0 Å². The maximum Gasteiger partial charge on any atom is 0.490 e. The van der Waals surface area contributed by atoms with Gasteiger partial charge in [0.25, 0.3) is 5.91 Å². The molecule has 22 heavy (non-hydrogen) atoms. The Hall–Kier alpha value is -2.84. The molecule has 9 heteroatoms. The van der Waals surface area contributed by atoms with E-state index in [4.69, 9.17) is 20.4 Å². The lowest BCUT2D eigenvalue weighted by Gasteiger charge is -2.07. The number of aliphatic carboxylic acids is 1. The average Bonchev–Trinajstić information content (AvgIpc) is 2.45. The molecule has 0 fully saturated rings. The van der Waals surface area contributed by atoms with E-state index in [2.05, 4.69) is 4.98 Å². The van der Waals surface area contributed by atoms with E-state index in [1.165, 1.54) is 7.11 Å². The summed E-state index contributed by atoms with van der Waals surface area (Å²) >= 11 is 0. The van der Waals surface area contributed by atoms with Crippen molar-refractivity contribution in [1.29, 1.82) is 0 Å². The maximum absolute atomic E-state index is 11.1. The largest absolute Gasteiger partial charge is 0.494 e. The Balaban J connectivity index is 0.000000295. The molecule has 0 bridgehead atoms. The minimum atomic E-state index is -5.08. The predicted octanol–water partition coefficient (Wildman–Crippen LogP) is 1.98. The molecule has 0 aliphatic carbocycles. The highest BCUT2D eigenvalue weighted by Gasteiger charge is 2.38. The first kappa shape index (κ1) is 17.2. The topological polar surface area (TPSA) is 103 Å². The number of hydrogen-bond donors (Lipinski definition) is 2. The Labute approximate surface area is 122 Å². The molecule has 0 saturated carbocycles. The Morgan fingerprint density at radius 1 is 1.27 bits per heavy atom. The fraction of sp³-hybridized carbons (Fsp3) is 0.154. The number of methoxy groups -OCH3 is 1. The first-order valence-corrected chi connectivity index (χ1v) is 5.70. The van der Waals surface area contributed by atoms with E-state index in [-0.39, 0.29) is 0 Å². The summed E-state index contributed by atoms with van der Waals surface area (Å²) in [4.78, 5) is 24.2. The molecule has 1 aromatic heterocycles. The number of rotatable bonds is 2. The van der Waals surface area contributed by atoms with Crippen molar-refractivity contribution in [1.82, 2.24) is 4.98 Å². The standard InChI is InChI=1S/C11H10N2O2.C2HF3O2/c1-15-10-8(11(12)14)5-4-7-3-2-6-13-9(7)10;3-2(4,5)1(6)7/h2-6H,1H3,(H2,12,14);(H,6,7). The van der Waals surface area contributed by atoms with Crippen LogP contribution in [-0.4, -0.2) is 35.3 Å². The fourth-order valence-electron chi connectivity index (χ4n) is 1.52. The average molecular weight is 316 g/mol. The Bertz CT molecular complexity index is 701. The minimum Gasteiger partial charge on any atom is -0.494 e. The van der Waals surface area contributed by atoms with Gasteiger partial charge >= 0.3 is 12.1 Å². The molecule has 2 aromatic rings. The van der Waals surface area contributed by atoms with Gasteiger partial charge in [-0.05, 0) is 12.1 Å². The number of fused-ring (bicyclic) bond motifs is 1. The van der Waals surface area contributed by atoms with Crippen LogP contribution in [0.25, 0.3) is 10.9 Å². The number of pyridine rings is 1. The smallest absolute Gasteiger partial charge is 0.490 e. The second-order valence-electron chi connectivity index (χ2n) is 3.89. The Morgan fingerprint density at radius 3 is 2.32 bits per heavy atom. The van der Waals surface area contributed by atoms with E-state index in [0.717, 1.165) is 5.39 Å². The third-order valence-electron chi connectivity index (χ3n) is 2.44. The van der Waals surface area contributed by atoms with Gasteiger partial charge in [-0.3, -0.25) is 9.78 Å². The first-order chi connectivity index (χ1) is 10.2. The van der Waals surface area contributed by atoms with Crippen LogP contribution in [0.15, 0.2) is 30.5 Å². The van der Waals surface area contributed by atoms with E-state index in [1.807, 2.05) is 12.1 Å². The number of aromatic nitrogens is 1. The number of ether oxygens (including phenoxy) is 1. The highest BCUT2D eigenvalue weighted by molar-refractivity contribution is 6.01. The molecule has 0 unspecified atom stereocenters. The first-order valence-electron chi connectivity index (χ1n) is 5.70. The molecule has 1 amide bonds. The van der Waals surface area contributed by atoms with Crippen molar-refractivity contribution in [3.05, 3.63) is 36.0 Å². The highest BCUT2D eigenvalue weighted by Crippen LogP contribution is 2.27. The molecule has 0 aliphatic rings. The van der Waals surface area contributed by atoms with Crippen LogP contribution in [0, 0.1) is 0 Å². The molecular weight excluding hydrogens is 305 g/mol. The van der Waals surface area contributed by atoms with Gasteiger partial charge in [0, 0.05) is 11.6 Å². The van der Waals surface area contributed by atoms with Gasteiger partial charge in [-0.15, -0.1) is 0 Å². The van der Waals surface area contributed by atoms with Crippen LogP contribution in [0.4, 0.5) is 13.2 Å². The second-order valence-corrected chi connectivity index (χ2v) is 3.89. The molecule has 0 atom stereocenters. The molecule has 118 valence electrons. The molecule has 2 rings (SSSR count). The van der Waals surface area contributed by atoms with E-state index < -0.39 is 18.1 Å². The molecule has 1 aromatic carbocycles. The van der Waals surface area contributed by atoms with E-state index >= 15 is 0 Å². The third kappa shape index (κ3) is 4.08. The van der Waals surface area contributed by atoms with Crippen LogP contribution in [0.2, 0.25) is 0 Å². The number of amides is 1. The number of carboxylic acids is 1. The normalized spacial score (nSPS) is 10.5. The predicted molar refractivity (Wildman–Crippen MR) is 70.5 cm³/mol. The molecule has 0 saturated heterocycles. The molecular formula is C13H11F3N2O4. The second kappa shape index (κ2) is 6.74. The van der Waals surface area contributed by atoms with Crippen molar-refractivity contribution < 1.29 is 32.6 Å². The number of carbonyl (C=O) groups is 2. The van der Waals surface area contributed by atoms with Gasteiger partial charge in [-0.2, -0.15) is 13.2 Å². The van der Waals surface area contributed by atoms with Crippen LogP contribution in [0.3, 0.4) is 0 Å². The van der Waals surface area contributed by atoms with Crippen molar-refractivity contribution in [2.24, 2.45) is 5.73 Å². The maximum atomic E-state index is 11.1. The lowest BCUT2D eigenvalue weighted by Crippen LogP contribution is -2.21. The van der Waals surface area contributed by atoms with Crippen LogP contribution in [-0.2, 0) is 4.79 Å². The van der Waals surface area contributed by atoms with E-state index in [9.17, 15) is 18.0 Å². The molecule has 6 nitrogen and oxygen atoms in total. The summed E-state index contributed by atoms with van der Waals surface area (Å²) in [6.45, 7) is 0. The van der Waals surface area contributed by atoms with Crippen molar-refractivity contribution in [2.75, 3.05) is 7.11 Å². The monoisotopic (exact) mass is 316 g/mol. The Kier molecular flexibility index (Phi) is 5.28. The number of carbonyl (C=O) groups excluding carboxylic acids is 1. The summed E-state index contributed by atoms with van der Waals surface area (Å²) < 4.78 is 36.9. The van der Waals surface area contributed by atoms with E-state index in [1.54, 1.807) is 18.3 Å². The molecule has 0 spiro atoms. The number of halogens is 3. The minimum absolute atomic E-state index is 0.351. The number of primary amides is 1. The van der Waals surface area contributed by atoms with Gasteiger partial charge in [0.05, 0.1) is 12.7 Å². The zero-order chi connectivity index (χ0) is 16.9. The lowest BCUT2D eigenvalue weighted by atomic mass is 10.1. The number of benzene rings is 1. The molecule has 0 radical (unpaired) electrons. The lowest BCUT2D eigenvalue weighted by molar-refractivity contribution is -0.192. The molecule has 1 heterocycles. The summed E-state index contributed by atoms with van der Waals surface area (Å²) in [5.41, 5.74) is 6.23. The summed E-state index contributed by atoms with van der Waals surface area (Å²) in [6.07, 6.45) is -3.43. The number of hydrogen-bond acceptors (Lipinski definition) is 4. The molecule has 0 aliphatic heterocycles. The summed E-state index contributed by atoms with van der Waals surface area (Å²) in [5.74, 6) is -2.84. The summed E-state index contributed by atoms with van der Waals surface area (Å²) in [6, 6.07) is 7.16. The van der Waals surface area contributed by atoms with Gasteiger partial charge in [0.2, 0.25) is 0 Å². The number of nitrogens with zero attached hydrogens (tertiary/aromatic N) is 1. The van der Waals surface area contributed by atoms with Crippen molar-refractivity contribution >= 4 is 22.8 Å².